The molecule has 0 aromatic carbocycles. The van der Waals surface area contributed by atoms with Crippen LogP contribution >= 0.6 is 12.2 Å². The highest BCUT2D eigenvalue weighted by Crippen LogP contribution is 2.21. The van der Waals surface area contributed by atoms with Gasteiger partial charge in [0.05, 0.1) is 12.2 Å². The van der Waals surface area contributed by atoms with Gasteiger partial charge in [-0.15, -0.1) is 12.3 Å². The summed E-state index contributed by atoms with van der Waals surface area (Å²) in [5, 5.41) is 0.573. The molecule has 1 unspecified atom stereocenters. The second kappa shape index (κ2) is 5.21. The molecule has 0 radical (unpaired) electrons. The molecule has 0 N–H and O–H groups in total. The van der Waals surface area contributed by atoms with Crippen LogP contribution in [0.4, 0.5) is 0 Å². The summed E-state index contributed by atoms with van der Waals surface area (Å²) in [7, 11) is 0. The molecule has 0 aromatic heterocycles. The van der Waals surface area contributed by atoms with E-state index in [1.807, 2.05) is 0 Å². The van der Waals surface area contributed by atoms with Crippen LogP contribution in [-0.4, -0.2) is 23.9 Å². The third-order valence-electron chi connectivity index (χ3n) is 2.01. The first-order valence-electron chi connectivity index (χ1n) is 4.44. The van der Waals surface area contributed by atoms with Gasteiger partial charge in [0.2, 0.25) is 0 Å². The maximum absolute atomic E-state index is 5.63. The number of ether oxygens (including phenoxy) is 2. The molecule has 1 rings (SSSR count). The first-order chi connectivity index (χ1) is 6.22. The number of terminal acetylenes is 1. The second-order valence-electron chi connectivity index (χ2n) is 3.17. The van der Waals surface area contributed by atoms with Crippen LogP contribution in [0.2, 0.25) is 0 Å². The molecule has 13 heavy (non-hydrogen) atoms. The number of rotatable bonds is 3. The molecule has 2 nitrogen and oxygen atoms in total. The molecule has 0 aliphatic carbocycles. The van der Waals surface area contributed by atoms with Crippen molar-refractivity contribution in [1.82, 2.24) is 0 Å². The summed E-state index contributed by atoms with van der Waals surface area (Å²) < 4.78 is 10.8. The Kier molecular flexibility index (Phi) is 4.20. The predicted molar refractivity (Wildman–Crippen MR) is 55.6 cm³/mol. The van der Waals surface area contributed by atoms with Crippen molar-refractivity contribution >= 4 is 17.3 Å². The first-order valence-corrected chi connectivity index (χ1v) is 4.85. The zero-order valence-corrected chi connectivity index (χ0v) is 8.60. The van der Waals surface area contributed by atoms with Crippen LogP contribution in [0.1, 0.15) is 26.2 Å². The van der Waals surface area contributed by atoms with Crippen LogP contribution in [0.5, 0.6) is 0 Å². The predicted octanol–water partition coefficient (Wildman–Crippen LogP) is 1.92. The summed E-state index contributed by atoms with van der Waals surface area (Å²) in [6.45, 7) is 2.33. The third kappa shape index (κ3) is 3.75. The molecule has 3 heteroatoms. The van der Waals surface area contributed by atoms with E-state index in [0.29, 0.717) is 18.1 Å². The Balaban J connectivity index is 2.18. The molecular formula is C10H14O2S. The summed E-state index contributed by atoms with van der Waals surface area (Å²) in [5.41, 5.74) is 0. The van der Waals surface area contributed by atoms with E-state index in [0.717, 1.165) is 12.8 Å². The Morgan fingerprint density at radius 1 is 1.62 bits per heavy atom. The van der Waals surface area contributed by atoms with Gasteiger partial charge in [0.25, 0.3) is 0 Å². The smallest absolute Gasteiger partial charge is 0.156 e. The van der Waals surface area contributed by atoms with Gasteiger partial charge in [-0.1, -0.05) is 0 Å². The molecule has 0 spiro atoms. The Labute approximate surface area is 84.6 Å². The molecule has 0 amide bonds. The molecule has 1 saturated heterocycles. The van der Waals surface area contributed by atoms with Gasteiger partial charge in [-0.25, -0.2) is 0 Å². The van der Waals surface area contributed by atoms with E-state index in [1.165, 1.54) is 0 Å². The second-order valence-corrected chi connectivity index (χ2v) is 3.74. The van der Waals surface area contributed by atoms with Crippen LogP contribution in [0.3, 0.4) is 0 Å². The summed E-state index contributed by atoms with van der Waals surface area (Å²) >= 11 is 4.80. The highest BCUT2D eigenvalue weighted by atomic mass is 32.1. The Bertz CT molecular complexity index is 219. The lowest BCUT2D eigenvalue weighted by molar-refractivity contribution is 0.0183. The fraction of sp³-hybridized carbons (Fsp3) is 0.700. The quantitative estimate of drug-likeness (QED) is 0.510. The standard InChI is InChI=1S/C10H14O2S/c1-3-4-9-5-6-10(12-9)7-11-8(2)13/h1,9-10H,4-7H2,2H3/t9-,10?/m1/s1. The SMILES string of the molecule is C#CC[C@@H]1CCC(COC(C)=S)O1. The van der Waals surface area contributed by atoms with Crippen molar-refractivity contribution in [3.05, 3.63) is 0 Å². The van der Waals surface area contributed by atoms with Crippen molar-refractivity contribution in [3.63, 3.8) is 0 Å². The fourth-order valence-corrected chi connectivity index (χ4v) is 1.46. The van der Waals surface area contributed by atoms with Crippen LogP contribution in [0.15, 0.2) is 0 Å². The normalized spacial score (nSPS) is 26.8. The third-order valence-corrected chi connectivity index (χ3v) is 2.13. The zero-order valence-electron chi connectivity index (χ0n) is 7.79. The topological polar surface area (TPSA) is 18.5 Å². The number of thiocarbonyl (C=S) groups is 1. The average Bonchev–Trinajstić information content (AvgIpc) is 2.50. The van der Waals surface area contributed by atoms with E-state index < -0.39 is 0 Å². The van der Waals surface area contributed by atoms with Gasteiger partial charge in [0, 0.05) is 13.3 Å². The molecule has 1 fully saturated rings. The molecule has 1 heterocycles. The maximum atomic E-state index is 5.63. The van der Waals surface area contributed by atoms with Crippen LogP contribution in [0, 0.1) is 12.3 Å². The van der Waals surface area contributed by atoms with Crippen LogP contribution in [-0.2, 0) is 9.47 Å². The molecule has 0 aromatic rings. The molecule has 0 saturated carbocycles. The minimum atomic E-state index is 0.177. The molecule has 1 aliphatic heterocycles. The van der Waals surface area contributed by atoms with Crippen molar-refractivity contribution in [2.45, 2.75) is 38.4 Å². The summed E-state index contributed by atoms with van der Waals surface area (Å²) in [4.78, 5) is 0. The van der Waals surface area contributed by atoms with E-state index in [-0.39, 0.29) is 12.2 Å². The van der Waals surface area contributed by atoms with Crippen molar-refractivity contribution in [3.8, 4) is 12.3 Å². The maximum Gasteiger partial charge on any atom is 0.156 e. The van der Waals surface area contributed by atoms with Gasteiger partial charge in [-0.2, -0.15) is 0 Å². The Morgan fingerprint density at radius 2 is 2.31 bits per heavy atom. The average molecular weight is 198 g/mol. The first kappa shape index (κ1) is 10.5. The molecule has 1 aliphatic rings. The van der Waals surface area contributed by atoms with E-state index in [2.05, 4.69) is 5.92 Å². The van der Waals surface area contributed by atoms with E-state index in [9.17, 15) is 0 Å². The molecule has 0 bridgehead atoms. The molecule has 2 atom stereocenters. The van der Waals surface area contributed by atoms with Gasteiger partial charge < -0.3 is 9.47 Å². The van der Waals surface area contributed by atoms with Crippen molar-refractivity contribution in [2.75, 3.05) is 6.61 Å². The van der Waals surface area contributed by atoms with Gasteiger partial charge in [0.1, 0.15) is 6.61 Å². The number of hydrogen-bond acceptors (Lipinski definition) is 3. The zero-order chi connectivity index (χ0) is 9.68. The highest BCUT2D eigenvalue weighted by Gasteiger charge is 2.24. The minimum absolute atomic E-state index is 0.177. The Hall–Kier alpha value is -0.590. The lowest BCUT2D eigenvalue weighted by Gasteiger charge is -2.12. The lowest BCUT2D eigenvalue weighted by atomic mass is 10.1. The highest BCUT2D eigenvalue weighted by molar-refractivity contribution is 7.80. The summed E-state index contributed by atoms with van der Waals surface area (Å²) in [6, 6.07) is 0. The van der Waals surface area contributed by atoms with Gasteiger partial charge >= 0.3 is 0 Å². The molecule has 72 valence electrons. The minimum Gasteiger partial charge on any atom is -0.485 e. The van der Waals surface area contributed by atoms with Crippen LogP contribution in [0.25, 0.3) is 0 Å². The van der Waals surface area contributed by atoms with Gasteiger partial charge in [0.15, 0.2) is 5.05 Å². The molecular weight excluding hydrogens is 184 g/mol. The monoisotopic (exact) mass is 198 g/mol. The largest absolute Gasteiger partial charge is 0.485 e. The number of hydrogen-bond donors (Lipinski definition) is 0. The van der Waals surface area contributed by atoms with Gasteiger partial charge in [-0.05, 0) is 25.1 Å². The van der Waals surface area contributed by atoms with Crippen molar-refractivity contribution < 1.29 is 9.47 Å². The van der Waals surface area contributed by atoms with E-state index >= 15 is 0 Å². The van der Waals surface area contributed by atoms with Crippen LogP contribution < -0.4 is 0 Å². The van der Waals surface area contributed by atoms with Gasteiger partial charge in [-0.3, -0.25) is 0 Å². The Morgan fingerprint density at radius 3 is 2.92 bits per heavy atom. The van der Waals surface area contributed by atoms with Crippen molar-refractivity contribution in [2.24, 2.45) is 0 Å². The van der Waals surface area contributed by atoms with E-state index in [4.69, 9.17) is 28.1 Å². The van der Waals surface area contributed by atoms with Crippen molar-refractivity contribution in [1.29, 1.82) is 0 Å². The lowest BCUT2D eigenvalue weighted by Crippen LogP contribution is -2.17. The summed E-state index contributed by atoms with van der Waals surface area (Å²) in [5.74, 6) is 2.60. The fourth-order valence-electron chi connectivity index (χ4n) is 1.39. The van der Waals surface area contributed by atoms with E-state index in [1.54, 1.807) is 6.92 Å². The summed E-state index contributed by atoms with van der Waals surface area (Å²) in [6.07, 6.45) is 8.36.